The van der Waals surface area contributed by atoms with E-state index in [0.29, 0.717) is 23.8 Å². The molecule has 7 heteroatoms. The Labute approximate surface area is 180 Å². The lowest BCUT2D eigenvalue weighted by molar-refractivity contribution is 0.592. The lowest BCUT2D eigenvalue weighted by atomic mass is 10.1. The first kappa shape index (κ1) is 22.2. The molecule has 2 N–H and O–H groups in total. The molecule has 1 atom stereocenters. The van der Waals surface area contributed by atoms with E-state index in [1.54, 1.807) is 31.3 Å². The molecule has 0 amide bonds. The van der Waals surface area contributed by atoms with E-state index < -0.39 is 9.84 Å². The van der Waals surface area contributed by atoms with Crippen LogP contribution in [0.2, 0.25) is 0 Å². The summed E-state index contributed by atoms with van der Waals surface area (Å²) in [5.41, 5.74) is 2.47. The maximum atomic E-state index is 12.4. The number of hydrogen-bond donors (Lipinski definition) is 2. The molecule has 3 rings (SSSR count). The zero-order valence-electron chi connectivity index (χ0n) is 17.8. The summed E-state index contributed by atoms with van der Waals surface area (Å²) >= 11 is 0. The smallest absolute Gasteiger partial charge is 0.191 e. The van der Waals surface area contributed by atoms with Gasteiger partial charge in [0, 0.05) is 32.4 Å². The summed E-state index contributed by atoms with van der Waals surface area (Å²) in [6.07, 6.45) is 3.03. The molecule has 2 aromatic carbocycles. The van der Waals surface area contributed by atoms with Crippen LogP contribution in [-0.2, 0) is 9.84 Å². The average Bonchev–Trinajstić information content (AvgIpc) is 3.31. The molecule has 0 radical (unpaired) electrons. The fourth-order valence-electron chi connectivity index (χ4n) is 3.66. The monoisotopic (exact) mass is 428 g/mol. The molecule has 1 unspecified atom stereocenters. The van der Waals surface area contributed by atoms with Gasteiger partial charge in [0.15, 0.2) is 15.8 Å². The Bertz CT molecular complexity index is 939. The Morgan fingerprint density at radius 3 is 2.53 bits per heavy atom. The van der Waals surface area contributed by atoms with Crippen LogP contribution in [0.5, 0.6) is 0 Å². The zero-order valence-corrected chi connectivity index (χ0v) is 18.7. The van der Waals surface area contributed by atoms with Crippen molar-refractivity contribution in [3.8, 4) is 0 Å². The molecule has 0 bridgehead atoms. The van der Waals surface area contributed by atoms with Crippen LogP contribution in [0.3, 0.4) is 0 Å². The number of benzene rings is 2. The van der Waals surface area contributed by atoms with Gasteiger partial charge in [0.05, 0.1) is 16.7 Å². The minimum atomic E-state index is -3.25. The molecule has 0 aliphatic carbocycles. The van der Waals surface area contributed by atoms with E-state index in [2.05, 4.69) is 51.7 Å². The van der Waals surface area contributed by atoms with Crippen molar-refractivity contribution in [2.75, 3.05) is 37.3 Å². The zero-order chi connectivity index (χ0) is 21.4. The second-order valence-electron chi connectivity index (χ2n) is 7.64. The van der Waals surface area contributed by atoms with Crippen molar-refractivity contribution < 1.29 is 8.42 Å². The molecule has 1 aliphatic heterocycles. The van der Waals surface area contributed by atoms with Crippen molar-refractivity contribution in [2.24, 2.45) is 4.99 Å². The quantitative estimate of drug-likeness (QED) is 0.383. The molecular formula is C23H32N4O2S. The van der Waals surface area contributed by atoms with Gasteiger partial charge < -0.3 is 15.5 Å². The molecule has 1 saturated heterocycles. The first-order valence-corrected chi connectivity index (χ1v) is 12.2. The fourth-order valence-corrected chi connectivity index (χ4v) is 5.00. The van der Waals surface area contributed by atoms with E-state index >= 15 is 0 Å². The third-order valence-electron chi connectivity index (χ3n) is 5.40. The van der Waals surface area contributed by atoms with Gasteiger partial charge in [-0.3, -0.25) is 4.99 Å². The highest BCUT2D eigenvalue weighted by atomic mass is 32.2. The van der Waals surface area contributed by atoms with E-state index in [-0.39, 0.29) is 11.8 Å². The Morgan fingerprint density at radius 2 is 1.83 bits per heavy atom. The highest BCUT2D eigenvalue weighted by Crippen LogP contribution is 2.23. The first-order valence-electron chi connectivity index (χ1n) is 10.6. The fraction of sp³-hybridized carbons (Fsp3) is 0.435. The second kappa shape index (κ2) is 10.5. The standard InChI is InChI=1S/C23H32N4O2S/c1-19(20-10-8-11-21(18-20)27-15-6-7-16-27)26-23(24-2)25-14-9-17-30(28,29)22-12-4-3-5-13-22/h3-5,8,10-13,18-19H,6-7,9,14-17H2,1-2H3,(H2,24,25,26). The summed E-state index contributed by atoms with van der Waals surface area (Å²) in [5.74, 6) is 0.778. The SMILES string of the molecule is CN=C(NCCCS(=O)(=O)c1ccccc1)NC(C)c1cccc(N2CCCC2)c1. The summed E-state index contributed by atoms with van der Waals surface area (Å²) in [6, 6.07) is 17.3. The molecule has 30 heavy (non-hydrogen) atoms. The van der Waals surface area contributed by atoms with Gasteiger partial charge in [-0.1, -0.05) is 30.3 Å². The minimum absolute atomic E-state index is 0.0896. The average molecular weight is 429 g/mol. The molecule has 2 aromatic rings. The van der Waals surface area contributed by atoms with E-state index in [4.69, 9.17) is 0 Å². The van der Waals surface area contributed by atoms with Gasteiger partial charge in [0.1, 0.15) is 0 Å². The number of nitrogens with one attached hydrogen (secondary N) is 2. The van der Waals surface area contributed by atoms with Crippen LogP contribution in [0.1, 0.15) is 37.8 Å². The molecule has 1 aliphatic rings. The molecule has 1 fully saturated rings. The molecule has 1 heterocycles. The van der Waals surface area contributed by atoms with Gasteiger partial charge in [-0.05, 0) is 56.0 Å². The molecular weight excluding hydrogens is 396 g/mol. The maximum absolute atomic E-state index is 12.4. The maximum Gasteiger partial charge on any atom is 0.191 e. The van der Waals surface area contributed by atoms with Crippen molar-refractivity contribution in [1.29, 1.82) is 0 Å². The highest BCUT2D eigenvalue weighted by molar-refractivity contribution is 7.91. The van der Waals surface area contributed by atoms with Crippen molar-refractivity contribution in [3.63, 3.8) is 0 Å². The van der Waals surface area contributed by atoms with Gasteiger partial charge in [0.2, 0.25) is 0 Å². The van der Waals surface area contributed by atoms with E-state index in [1.165, 1.54) is 24.1 Å². The van der Waals surface area contributed by atoms with Gasteiger partial charge in [-0.2, -0.15) is 0 Å². The number of rotatable bonds is 8. The van der Waals surface area contributed by atoms with Crippen LogP contribution in [-0.4, -0.2) is 46.8 Å². The summed E-state index contributed by atoms with van der Waals surface area (Å²) in [6.45, 7) is 4.89. The summed E-state index contributed by atoms with van der Waals surface area (Å²) in [5, 5.41) is 6.63. The molecule has 0 aromatic heterocycles. The van der Waals surface area contributed by atoms with E-state index in [1.807, 2.05) is 6.07 Å². The van der Waals surface area contributed by atoms with Crippen molar-refractivity contribution >= 4 is 21.5 Å². The number of hydrogen-bond acceptors (Lipinski definition) is 4. The Balaban J connectivity index is 1.49. The van der Waals surface area contributed by atoms with Crippen molar-refractivity contribution in [3.05, 3.63) is 60.2 Å². The number of guanidine groups is 1. The van der Waals surface area contributed by atoms with Gasteiger partial charge in [-0.15, -0.1) is 0 Å². The second-order valence-corrected chi connectivity index (χ2v) is 9.75. The third-order valence-corrected chi connectivity index (χ3v) is 7.22. The summed E-state index contributed by atoms with van der Waals surface area (Å²) in [7, 11) is -1.52. The molecule has 0 spiro atoms. The number of sulfone groups is 1. The van der Waals surface area contributed by atoms with Crippen LogP contribution in [0, 0.1) is 0 Å². The molecule has 162 valence electrons. The van der Waals surface area contributed by atoms with Crippen molar-refractivity contribution in [2.45, 2.75) is 37.1 Å². The lowest BCUT2D eigenvalue weighted by Crippen LogP contribution is -2.39. The topological polar surface area (TPSA) is 73.8 Å². The number of anilines is 1. The predicted octanol–water partition coefficient (Wildman–Crippen LogP) is 3.38. The summed E-state index contributed by atoms with van der Waals surface area (Å²) in [4.78, 5) is 7.08. The Hall–Kier alpha value is -2.54. The van der Waals surface area contributed by atoms with Gasteiger partial charge in [0.25, 0.3) is 0 Å². The van der Waals surface area contributed by atoms with Crippen LogP contribution < -0.4 is 15.5 Å². The molecule has 0 saturated carbocycles. The summed E-state index contributed by atoms with van der Waals surface area (Å²) < 4.78 is 24.7. The Morgan fingerprint density at radius 1 is 1.10 bits per heavy atom. The van der Waals surface area contributed by atoms with E-state index in [0.717, 1.165) is 13.1 Å². The van der Waals surface area contributed by atoms with E-state index in [9.17, 15) is 8.42 Å². The van der Waals surface area contributed by atoms with Crippen molar-refractivity contribution in [1.82, 2.24) is 10.6 Å². The Kier molecular flexibility index (Phi) is 7.74. The first-order chi connectivity index (χ1) is 14.5. The van der Waals surface area contributed by atoms with Gasteiger partial charge in [-0.25, -0.2) is 8.42 Å². The largest absolute Gasteiger partial charge is 0.372 e. The van der Waals surface area contributed by atoms with Crippen LogP contribution in [0.4, 0.5) is 5.69 Å². The molecule has 6 nitrogen and oxygen atoms in total. The van der Waals surface area contributed by atoms with Crippen LogP contribution >= 0.6 is 0 Å². The van der Waals surface area contributed by atoms with Crippen LogP contribution in [0.25, 0.3) is 0 Å². The van der Waals surface area contributed by atoms with Gasteiger partial charge >= 0.3 is 0 Å². The lowest BCUT2D eigenvalue weighted by Gasteiger charge is -2.22. The minimum Gasteiger partial charge on any atom is -0.372 e. The predicted molar refractivity (Wildman–Crippen MR) is 124 cm³/mol. The number of aliphatic imine (C=N–C) groups is 1. The highest BCUT2D eigenvalue weighted by Gasteiger charge is 2.15. The van der Waals surface area contributed by atoms with Crippen LogP contribution in [0.15, 0.2) is 64.5 Å². The third kappa shape index (κ3) is 5.98. The number of nitrogens with zero attached hydrogens (tertiary/aromatic N) is 2. The normalized spacial score (nSPS) is 15.8.